The Bertz CT molecular complexity index is 197. The third-order valence-electron chi connectivity index (χ3n) is 3.11. The van der Waals surface area contributed by atoms with Crippen molar-refractivity contribution in [2.45, 2.75) is 26.4 Å². The molecule has 0 bridgehead atoms. The van der Waals surface area contributed by atoms with Crippen molar-refractivity contribution < 1.29 is 9.84 Å². The second-order valence-corrected chi connectivity index (χ2v) is 5.52. The van der Waals surface area contributed by atoms with Gasteiger partial charge in [-0.1, -0.05) is 13.8 Å². The smallest absolute Gasteiger partial charge is 0.0826 e. The molecule has 2 N–H and O–H groups in total. The number of hydrogen-bond donors (Lipinski definition) is 2. The molecule has 1 rings (SSSR count). The molecular formula is C12H26N2O2. The number of rotatable bonds is 6. The summed E-state index contributed by atoms with van der Waals surface area (Å²) in [5.41, 5.74) is 0.162. The van der Waals surface area contributed by atoms with Gasteiger partial charge in [0.25, 0.3) is 0 Å². The maximum absolute atomic E-state index is 8.93. The minimum absolute atomic E-state index is 0.162. The SMILES string of the molecule is CN1CCOC(CNCC(C)(C)CCO)C1. The average molecular weight is 230 g/mol. The summed E-state index contributed by atoms with van der Waals surface area (Å²) in [5.74, 6) is 0. The van der Waals surface area contributed by atoms with Crippen molar-refractivity contribution in [1.82, 2.24) is 10.2 Å². The Morgan fingerprint density at radius 2 is 2.25 bits per heavy atom. The second kappa shape index (κ2) is 6.55. The zero-order valence-electron chi connectivity index (χ0n) is 10.8. The summed E-state index contributed by atoms with van der Waals surface area (Å²) < 4.78 is 5.67. The molecule has 0 amide bonds. The Balaban J connectivity index is 2.14. The molecule has 0 spiro atoms. The van der Waals surface area contributed by atoms with Crippen LogP contribution in [0.3, 0.4) is 0 Å². The van der Waals surface area contributed by atoms with Crippen molar-refractivity contribution >= 4 is 0 Å². The zero-order valence-corrected chi connectivity index (χ0v) is 10.8. The molecule has 4 nitrogen and oxygen atoms in total. The molecule has 0 aromatic rings. The summed E-state index contributed by atoms with van der Waals surface area (Å²) in [6.45, 7) is 9.31. The highest BCUT2D eigenvalue weighted by molar-refractivity contribution is 4.75. The molecule has 4 heteroatoms. The van der Waals surface area contributed by atoms with E-state index in [2.05, 4.69) is 31.1 Å². The number of morpholine rings is 1. The van der Waals surface area contributed by atoms with Crippen molar-refractivity contribution in [1.29, 1.82) is 0 Å². The fourth-order valence-corrected chi connectivity index (χ4v) is 1.95. The van der Waals surface area contributed by atoms with E-state index in [0.717, 1.165) is 39.2 Å². The van der Waals surface area contributed by atoms with E-state index in [1.807, 2.05) is 0 Å². The Labute approximate surface area is 99.0 Å². The number of aliphatic hydroxyl groups excluding tert-OH is 1. The molecule has 1 aliphatic rings. The lowest BCUT2D eigenvalue weighted by atomic mass is 9.90. The average Bonchev–Trinajstić information content (AvgIpc) is 2.17. The van der Waals surface area contributed by atoms with Crippen LogP contribution in [0, 0.1) is 5.41 Å². The minimum atomic E-state index is 0.162. The van der Waals surface area contributed by atoms with Crippen LogP contribution in [0.5, 0.6) is 0 Å². The van der Waals surface area contributed by atoms with Crippen LogP contribution >= 0.6 is 0 Å². The second-order valence-electron chi connectivity index (χ2n) is 5.52. The van der Waals surface area contributed by atoms with Gasteiger partial charge in [-0.05, 0) is 18.9 Å². The van der Waals surface area contributed by atoms with Crippen LogP contribution in [-0.2, 0) is 4.74 Å². The lowest BCUT2D eigenvalue weighted by Gasteiger charge is -2.31. The summed E-state index contributed by atoms with van der Waals surface area (Å²) in [6, 6.07) is 0. The van der Waals surface area contributed by atoms with Crippen LogP contribution in [-0.4, -0.2) is 62.6 Å². The number of nitrogens with zero attached hydrogens (tertiary/aromatic N) is 1. The van der Waals surface area contributed by atoms with Gasteiger partial charge in [-0.25, -0.2) is 0 Å². The summed E-state index contributed by atoms with van der Waals surface area (Å²) in [5, 5.41) is 12.4. The summed E-state index contributed by atoms with van der Waals surface area (Å²) in [6.07, 6.45) is 1.15. The maximum Gasteiger partial charge on any atom is 0.0826 e. The van der Waals surface area contributed by atoms with Gasteiger partial charge in [0.2, 0.25) is 0 Å². The fourth-order valence-electron chi connectivity index (χ4n) is 1.95. The van der Waals surface area contributed by atoms with Gasteiger partial charge in [-0.2, -0.15) is 0 Å². The van der Waals surface area contributed by atoms with Gasteiger partial charge in [-0.15, -0.1) is 0 Å². The van der Waals surface area contributed by atoms with Gasteiger partial charge in [0, 0.05) is 32.8 Å². The lowest BCUT2D eigenvalue weighted by Crippen LogP contribution is -2.46. The minimum Gasteiger partial charge on any atom is -0.396 e. The number of likely N-dealkylation sites (N-methyl/N-ethyl adjacent to an activating group) is 1. The van der Waals surface area contributed by atoms with Gasteiger partial charge in [0.15, 0.2) is 0 Å². The molecule has 1 saturated heterocycles. The van der Waals surface area contributed by atoms with Crippen LogP contribution in [0.15, 0.2) is 0 Å². The molecule has 0 aromatic heterocycles. The molecular weight excluding hydrogens is 204 g/mol. The third kappa shape index (κ3) is 5.25. The number of hydrogen-bond acceptors (Lipinski definition) is 4. The van der Waals surface area contributed by atoms with Gasteiger partial charge < -0.3 is 20.1 Å². The molecule has 1 fully saturated rings. The molecule has 16 heavy (non-hydrogen) atoms. The highest BCUT2D eigenvalue weighted by Gasteiger charge is 2.20. The highest BCUT2D eigenvalue weighted by atomic mass is 16.5. The molecule has 1 atom stereocenters. The first-order chi connectivity index (χ1) is 7.53. The first-order valence-electron chi connectivity index (χ1n) is 6.15. The topological polar surface area (TPSA) is 44.7 Å². The van der Waals surface area contributed by atoms with Gasteiger partial charge in [-0.3, -0.25) is 0 Å². The van der Waals surface area contributed by atoms with Crippen molar-refractivity contribution in [2.24, 2.45) is 5.41 Å². The monoisotopic (exact) mass is 230 g/mol. The molecule has 0 radical (unpaired) electrons. The van der Waals surface area contributed by atoms with Crippen LogP contribution in [0.1, 0.15) is 20.3 Å². The van der Waals surface area contributed by atoms with Gasteiger partial charge >= 0.3 is 0 Å². The van der Waals surface area contributed by atoms with Crippen LogP contribution in [0.4, 0.5) is 0 Å². The predicted molar refractivity (Wildman–Crippen MR) is 65.6 cm³/mol. The Kier molecular flexibility index (Phi) is 5.69. The molecule has 96 valence electrons. The summed E-state index contributed by atoms with van der Waals surface area (Å²) in [4.78, 5) is 2.30. The van der Waals surface area contributed by atoms with E-state index in [1.54, 1.807) is 0 Å². The van der Waals surface area contributed by atoms with Gasteiger partial charge in [0.1, 0.15) is 0 Å². The Morgan fingerprint density at radius 3 is 2.88 bits per heavy atom. The first-order valence-corrected chi connectivity index (χ1v) is 6.15. The van der Waals surface area contributed by atoms with E-state index in [1.165, 1.54) is 0 Å². The van der Waals surface area contributed by atoms with E-state index in [-0.39, 0.29) is 12.0 Å². The van der Waals surface area contributed by atoms with Crippen LogP contribution < -0.4 is 5.32 Å². The maximum atomic E-state index is 8.93. The Hall–Kier alpha value is -0.160. The van der Waals surface area contributed by atoms with E-state index in [0.29, 0.717) is 6.10 Å². The standard InChI is InChI=1S/C12H26N2O2/c1-12(2,4-6-15)10-13-8-11-9-14(3)5-7-16-11/h11,13,15H,4-10H2,1-3H3. The molecule has 0 aromatic carbocycles. The molecule has 0 aliphatic carbocycles. The molecule has 0 saturated carbocycles. The number of nitrogens with one attached hydrogen (secondary N) is 1. The largest absolute Gasteiger partial charge is 0.396 e. The molecule has 1 unspecified atom stereocenters. The van der Waals surface area contributed by atoms with Crippen molar-refractivity contribution in [3.8, 4) is 0 Å². The van der Waals surface area contributed by atoms with E-state index in [9.17, 15) is 0 Å². The third-order valence-corrected chi connectivity index (χ3v) is 3.11. The van der Waals surface area contributed by atoms with Gasteiger partial charge in [0.05, 0.1) is 12.7 Å². The fraction of sp³-hybridized carbons (Fsp3) is 1.00. The van der Waals surface area contributed by atoms with E-state index < -0.39 is 0 Å². The van der Waals surface area contributed by atoms with Crippen molar-refractivity contribution in [2.75, 3.05) is 46.4 Å². The summed E-state index contributed by atoms with van der Waals surface area (Å²) >= 11 is 0. The van der Waals surface area contributed by atoms with E-state index in [4.69, 9.17) is 9.84 Å². The number of aliphatic hydroxyl groups is 1. The summed E-state index contributed by atoms with van der Waals surface area (Å²) in [7, 11) is 2.13. The first kappa shape index (κ1) is 13.9. The normalized spacial score (nSPS) is 23.6. The Morgan fingerprint density at radius 1 is 1.50 bits per heavy atom. The quantitative estimate of drug-likeness (QED) is 0.689. The number of ether oxygens (including phenoxy) is 1. The van der Waals surface area contributed by atoms with Crippen LogP contribution in [0.2, 0.25) is 0 Å². The van der Waals surface area contributed by atoms with E-state index >= 15 is 0 Å². The zero-order chi connectivity index (χ0) is 12.0. The predicted octanol–water partition coefficient (Wildman–Crippen LogP) is 0.315. The van der Waals surface area contributed by atoms with Crippen LogP contribution in [0.25, 0.3) is 0 Å². The highest BCUT2D eigenvalue weighted by Crippen LogP contribution is 2.17. The lowest BCUT2D eigenvalue weighted by molar-refractivity contribution is -0.0190. The molecule has 1 heterocycles. The van der Waals surface area contributed by atoms with Crippen molar-refractivity contribution in [3.63, 3.8) is 0 Å². The van der Waals surface area contributed by atoms with Crippen molar-refractivity contribution in [3.05, 3.63) is 0 Å². The molecule has 1 aliphatic heterocycles.